The van der Waals surface area contributed by atoms with Gasteiger partial charge in [-0.2, -0.15) is 5.26 Å². The maximum absolute atomic E-state index is 9.02. The lowest BCUT2D eigenvalue weighted by Gasteiger charge is -1.88. The number of hydrogen-bond acceptors (Lipinski definition) is 3. The number of rotatable bonds is 1. The van der Waals surface area contributed by atoms with E-state index in [-0.39, 0.29) is 0 Å². The topological polar surface area (TPSA) is 52.5 Å². The van der Waals surface area contributed by atoms with Gasteiger partial charge in [0, 0.05) is 10.9 Å². The van der Waals surface area contributed by atoms with Crippen LogP contribution in [0.1, 0.15) is 5.56 Å². The Balaban J connectivity index is 2.24. The number of hydrogen-bond donors (Lipinski definition) is 1. The van der Waals surface area contributed by atoms with Crippen LogP contribution in [0.4, 0.5) is 0 Å². The highest BCUT2D eigenvalue weighted by Gasteiger charge is 2.09. The Kier molecular flexibility index (Phi) is 2.61. The van der Waals surface area contributed by atoms with Crippen molar-refractivity contribution in [2.24, 2.45) is 0 Å². The van der Waals surface area contributed by atoms with Gasteiger partial charge in [-0.1, -0.05) is 6.07 Å². The average Bonchev–Trinajstić information content (AvgIpc) is 2.93. The average molecular weight is 351 g/mol. The van der Waals surface area contributed by atoms with Crippen molar-refractivity contribution in [1.29, 1.82) is 5.26 Å². The molecule has 2 aromatic heterocycles. The van der Waals surface area contributed by atoms with Gasteiger partial charge in [-0.05, 0) is 40.8 Å². The molecule has 3 aromatic rings. The van der Waals surface area contributed by atoms with Gasteiger partial charge in [0.2, 0.25) is 0 Å². The molecular formula is C12H6IN3S. The Labute approximate surface area is 115 Å². The number of fused-ring (bicyclic) bond motifs is 1. The minimum Gasteiger partial charge on any atom is -0.338 e. The summed E-state index contributed by atoms with van der Waals surface area (Å²) >= 11 is 3.97. The first kappa shape index (κ1) is 10.7. The van der Waals surface area contributed by atoms with Crippen LogP contribution in [0.15, 0.2) is 29.6 Å². The van der Waals surface area contributed by atoms with Crippen LogP contribution in [-0.4, -0.2) is 9.97 Å². The standard InChI is InChI=1S/C12H6IN3S/c13-10-4-8(6-17-10)12-15-9-3-1-2-7(5-14)11(9)16-12/h1-4,6H,(H,15,16). The number of aromatic amines is 1. The van der Waals surface area contributed by atoms with Crippen molar-refractivity contribution in [2.45, 2.75) is 0 Å². The molecular weight excluding hydrogens is 345 g/mol. The number of H-pyrrole nitrogens is 1. The molecule has 0 unspecified atom stereocenters. The van der Waals surface area contributed by atoms with Crippen LogP contribution in [0.2, 0.25) is 0 Å². The van der Waals surface area contributed by atoms with E-state index in [9.17, 15) is 0 Å². The van der Waals surface area contributed by atoms with E-state index in [0.717, 1.165) is 22.4 Å². The normalized spacial score (nSPS) is 10.6. The second-order valence-electron chi connectivity index (χ2n) is 3.54. The largest absolute Gasteiger partial charge is 0.338 e. The summed E-state index contributed by atoms with van der Waals surface area (Å²) in [6.45, 7) is 0. The number of para-hydroxylation sites is 1. The van der Waals surface area contributed by atoms with Crippen molar-refractivity contribution in [1.82, 2.24) is 9.97 Å². The lowest BCUT2D eigenvalue weighted by Crippen LogP contribution is -1.77. The molecule has 2 heterocycles. The third kappa shape index (κ3) is 1.83. The molecule has 0 fully saturated rings. The Morgan fingerprint density at radius 2 is 2.29 bits per heavy atom. The van der Waals surface area contributed by atoms with Crippen LogP contribution in [0.5, 0.6) is 0 Å². The first-order chi connectivity index (χ1) is 8.28. The molecule has 82 valence electrons. The molecule has 0 saturated heterocycles. The molecule has 0 spiro atoms. The number of nitrogens with zero attached hydrogens (tertiary/aromatic N) is 2. The molecule has 0 saturated carbocycles. The molecule has 0 atom stereocenters. The quantitative estimate of drug-likeness (QED) is 0.679. The predicted molar refractivity (Wildman–Crippen MR) is 76.8 cm³/mol. The van der Waals surface area contributed by atoms with E-state index in [0.29, 0.717) is 5.56 Å². The van der Waals surface area contributed by atoms with Crippen molar-refractivity contribution in [3.05, 3.63) is 38.1 Å². The monoisotopic (exact) mass is 351 g/mol. The second-order valence-corrected chi connectivity index (χ2v) is 6.34. The number of aromatic nitrogens is 2. The zero-order chi connectivity index (χ0) is 11.8. The molecule has 0 bridgehead atoms. The minimum absolute atomic E-state index is 0.606. The first-order valence-electron chi connectivity index (χ1n) is 4.91. The van der Waals surface area contributed by atoms with E-state index < -0.39 is 0 Å². The molecule has 0 amide bonds. The molecule has 0 aliphatic heterocycles. The molecule has 0 aliphatic carbocycles. The number of thiophene rings is 1. The molecule has 5 heteroatoms. The lowest BCUT2D eigenvalue weighted by atomic mass is 10.2. The molecule has 17 heavy (non-hydrogen) atoms. The smallest absolute Gasteiger partial charge is 0.139 e. The number of nitriles is 1. The summed E-state index contributed by atoms with van der Waals surface area (Å²) in [5.41, 5.74) is 3.32. The van der Waals surface area contributed by atoms with Crippen molar-refractivity contribution in [3.63, 3.8) is 0 Å². The zero-order valence-electron chi connectivity index (χ0n) is 8.57. The highest BCUT2D eigenvalue weighted by Crippen LogP contribution is 2.27. The summed E-state index contributed by atoms with van der Waals surface area (Å²) in [6, 6.07) is 9.81. The van der Waals surface area contributed by atoms with E-state index in [2.05, 4.69) is 50.1 Å². The van der Waals surface area contributed by atoms with Gasteiger partial charge in [0.1, 0.15) is 17.4 Å². The van der Waals surface area contributed by atoms with E-state index >= 15 is 0 Å². The van der Waals surface area contributed by atoms with Gasteiger partial charge in [0.25, 0.3) is 0 Å². The number of benzene rings is 1. The molecule has 0 aliphatic rings. The Morgan fingerprint density at radius 1 is 1.41 bits per heavy atom. The van der Waals surface area contributed by atoms with Crippen molar-refractivity contribution in [3.8, 4) is 17.5 Å². The van der Waals surface area contributed by atoms with Crippen LogP contribution in [-0.2, 0) is 0 Å². The molecule has 1 aromatic carbocycles. The maximum Gasteiger partial charge on any atom is 0.139 e. The Morgan fingerprint density at radius 3 is 3.00 bits per heavy atom. The molecule has 3 rings (SSSR count). The van der Waals surface area contributed by atoms with Gasteiger partial charge >= 0.3 is 0 Å². The van der Waals surface area contributed by atoms with Gasteiger partial charge in [0.05, 0.1) is 14.0 Å². The van der Waals surface area contributed by atoms with E-state index in [1.807, 2.05) is 12.1 Å². The molecule has 3 nitrogen and oxygen atoms in total. The summed E-state index contributed by atoms with van der Waals surface area (Å²) in [5, 5.41) is 11.1. The van der Waals surface area contributed by atoms with Crippen LogP contribution >= 0.6 is 33.9 Å². The SMILES string of the molecule is N#Cc1cccc2[nH]c(-c3csc(I)c3)nc12. The summed E-state index contributed by atoms with van der Waals surface area (Å²) in [7, 11) is 0. The third-order valence-corrected chi connectivity index (χ3v) is 4.26. The van der Waals surface area contributed by atoms with Gasteiger partial charge in [0.15, 0.2) is 0 Å². The van der Waals surface area contributed by atoms with Gasteiger partial charge in [-0.3, -0.25) is 0 Å². The van der Waals surface area contributed by atoms with Crippen molar-refractivity contribution < 1.29 is 0 Å². The summed E-state index contributed by atoms with van der Waals surface area (Å²) in [6.07, 6.45) is 0. The van der Waals surface area contributed by atoms with E-state index in [1.54, 1.807) is 17.4 Å². The summed E-state index contributed by atoms with van der Waals surface area (Å²) < 4.78 is 1.22. The van der Waals surface area contributed by atoms with Crippen LogP contribution in [0.3, 0.4) is 0 Å². The van der Waals surface area contributed by atoms with Crippen molar-refractivity contribution >= 4 is 45.0 Å². The summed E-state index contributed by atoms with van der Waals surface area (Å²) in [4.78, 5) is 7.73. The van der Waals surface area contributed by atoms with Crippen LogP contribution in [0, 0.1) is 14.2 Å². The van der Waals surface area contributed by atoms with Crippen molar-refractivity contribution in [2.75, 3.05) is 0 Å². The fraction of sp³-hybridized carbons (Fsp3) is 0. The van der Waals surface area contributed by atoms with Gasteiger partial charge < -0.3 is 4.98 Å². The fourth-order valence-corrected chi connectivity index (χ4v) is 3.02. The number of imidazole rings is 1. The molecule has 1 N–H and O–H groups in total. The van der Waals surface area contributed by atoms with Gasteiger partial charge in [-0.25, -0.2) is 4.98 Å². The fourth-order valence-electron chi connectivity index (χ4n) is 1.69. The first-order valence-corrected chi connectivity index (χ1v) is 6.87. The van der Waals surface area contributed by atoms with Crippen LogP contribution < -0.4 is 0 Å². The zero-order valence-corrected chi connectivity index (χ0v) is 11.5. The summed E-state index contributed by atoms with van der Waals surface area (Å²) in [5.74, 6) is 0.821. The molecule has 0 radical (unpaired) electrons. The minimum atomic E-state index is 0.606. The highest BCUT2D eigenvalue weighted by molar-refractivity contribution is 14.1. The van der Waals surface area contributed by atoms with E-state index in [1.165, 1.54) is 2.88 Å². The third-order valence-electron chi connectivity index (χ3n) is 2.47. The highest BCUT2D eigenvalue weighted by atomic mass is 127. The number of nitrogens with one attached hydrogen (secondary N) is 1. The second kappa shape index (κ2) is 4.13. The van der Waals surface area contributed by atoms with E-state index in [4.69, 9.17) is 5.26 Å². The van der Waals surface area contributed by atoms with Gasteiger partial charge in [-0.15, -0.1) is 11.3 Å². The van der Waals surface area contributed by atoms with Crippen LogP contribution in [0.25, 0.3) is 22.4 Å². The Bertz CT molecular complexity index is 736. The number of halogens is 1. The predicted octanol–water partition coefficient (Wildman–Crippen LogP) is 3.77. The Hall–Kier alpha value is -1.39. The lowest BCUT2D eigenvalue weighted by molar-refractivity contribution is 1.34. The maximum atomic E-state index is 9.02.